The predicted octanol–water partition coefficient (Wildman–Crippen LogP) is -1.32. The number of aromatic nitrogens is 2. The molecule has 33 heavy (non-hydrogen) atoms. The Morgan fingerprint density at radius 3 is 2.24 bits per heavy atom. The van der Waals surface area contributed by atoms with E-state index in [2.05, 4.69) is 10.2 Å². The summed E-state index contributed by atoms with van der Waals surface area (Å²) in [6, 6.07) is 0. The van der Waals surface area contributed by atoms with Crippen LogP contribution in [0.2, 0.25) is 0 Å². The summed E-state index contributed by atoms with van der Waals surface area (Å²) < 4.78 is 11.9. The lowest BCUT2D eigenvalue weighted by Gasteiger charge is -2.27. The molecule has 0 saturated carbocycles. The van der Waals surface area contributed by atoms with Gasteiger partial charge >= 0.3 is 0 Å². The van der Waals surface area contributed by atoms with Crippen molar-refractivity contribution in [3.8, 4) is 0 Å². The van der Waals surface area contributed by atoms with Gasteiger partial charge in [-0.15, -0.1) is 0 Å². The maximum Gasteiger partial charge on any atom is 0.274 e. The minimum atomic E-state index is -0.960. The molecule has 3 aliphatic heterocycles. The van der Waals surface area contributed by atoms with Crippen molar-refractivity contribution >= 4 is 23.6 Å². The zero-order chi connectivity index (χ0) is 23.5. The second kappa shape index (κ2) is 9.89. The van der Waals surface area contributed by atoms with Gasteiger partial charge < -0.3 is 24.4 Å². The van der Waals surface area contributed by atoms with Gasteiger partial charge in [0.25, 0.3) is 17.4 Å². The van der Waals surface area contributed by atoms with Crippen LogP contribution >= 0.6 is 0 Å². The Morgan fingerprint density at radius 1 is 1.06 bits per heavy atom. The number of aliphatic hydroxyl groups excluding tert-OH is 1. The summed E-state index contributed by atoms with van der Waals surface area (Å²) in [6.45, 7) is 3.74. The van der Waals surface area contributed by atoms with Gasteiger partial charge in [0.2, 0.25) is 0 Å². The number of ether oxygens (including phenoxy) is 2. The molecule has 1 aromatic heterocycles. The molecule has 12 nitrogen and oxygen atoms in total. The highest BCUT2D eigenvalue weighted by atomic mass is 16.5. The summed E-state index contributed by atoms with van der Waals surface area (Å²) in [6.07, 6.45) is 2.60. The highest BCUT2D eigenvalue weighted by Crippen LogP contribution is 2.24. The number of hydrogen-bond acceptors (Lipinski definition) is 8. The number of amides is 2. The van der Waals surface area contributed by atoms with E-state index in [0.717, 1.165) is 0 Å². The van der Waals surface area contributed by atoms with Crippen molar-refractivity contribution in [2.24, 2.45) is 18.1 Å². The molecule has 2 amide bonds. The quantitative estimate of drug-likeness (QED) is 0.555. The van der Waals surface area contributed by atoms with E-state index in [1.165, 1.54) is 9.69 Å². The van der Waals surface area contributed by atoms with Gasteiger partial charge in [0.1, 0.15) is 11.4 Å². The number of morpholine rings is 2. The predicted molar refractivity (Wildman–Crippen MR) is 119 cm³/mol. The summed E-state index contributed by atoms with van der Waals surface area (Å²) in [7, 11) is 3.17. The highest BCUT2D eigenvalue weighted by molar-refractivity contribution is 6.40. The van der Waals surface area contributed by atoms with Crippen molar-refractivity contribution in [2.75, 3.05) is 59.7 Å². The zero-order valence-corrected chi connectivity index (χ0v) is 18.9. The van der Waals surface area contributed by atoms with Gasteiger partial charge in [-0.05, 0) is 6.42 Å². The van der Waals surface area contributed by atoms with Crippen LogP contribution in [0, 0.1) is 5.92 Å². The van der Waals surface area contributed by atoms with E-state index < -0.39 is 12.1 Å². The van der Waals surface area contributed by atoms with Crippen molar-refractivity contribution in [1.29, 1.82) is 0 Å². The Balaban J connectivity index is 1.51. The molecule has 2 atom stereocenters. The molecule has 0 aliphatic carbocycles. The standard InChI is InChI=1S/C21H30N6O6/c1-24-18(28)14(16(22-24)20(30)26-6-10-32-11-7-26)4-3-5-15-17(23-25(2)19(15)29)21(31)27-8-12-33-13-9-27/h3-4,15,19,22,29H,5-13H2,1-2H3. The first kappa shape index (κ1) is 23.2. The van der Waals surface area contributed by atoms with Crippen LogP contribution in [0.4, 0.5) is 0 Å². The number of aliphatic hydroxyl groups is 1. The van der Waals surface area contributed by atoms with Crippen LogP contribution in [0.15, 0.2) is 16.0 Å². The number of rotatable bonds is 5. The summed E-state index contributed by atoms with van der Waals surface area (Å²) in [5, 5.41) is 19.1. The third kappa shape index (κ3) is 4.72. The zero-order valence-electron chi connectivity index (χ0n) is 18.9. The summed E-state index contributed by atoms with van der Waals surface area (Å²) in [5.74, 6) is -1.04. The Labute approximate surface area is 191 Å². The average molecular weight is 463 g/mol. The maximum atomic E-state index is 13.0. The number of nitrogens with one attached hydrogen (secondary N) is 1. The van der Waals surface area contributed by atoms with Crippen molar-refractivity contribution in [1.82, 2.24) is 24.6 Å². The van der Waals surface area contributed by atoms with Gasteiger partial charge in [-0.25, -0.2) is 0 Å². The van der Waals surface area contributed by atoms with Crippen LogP contribution in [0.5, 0.6) is 0 Å². The minimum absolute atomic E-state index is 0.211. The summed E-state index contributed by atoms with van der Waals surface area (Å²) >= 11 is 0. The number of aromatic amines is 1. The van der Waals surface area contributed by atoms with Crippen LogP contribution in [0.25, 0.3) is 6.08 Å². The molecule has 4 rings (SSSR count). The lowest BCUT2D eigenvalue weighted by atomic mass is 9.96. The van der Waals surface area contributed by atoms with Crippen LogP contribution in [-0.4, -0.2) is 113 Å². The number of aryl methyl sites for hydroxylation is 1. The molecule has 0 aromatic carbocycles. The fourth-order valence-electron chi connectivity index (χ4n) is 4.21. The largest absolute Gasteiger partial charge is 0.378 e. The number of carbonyl (C=O) groups excluding carboxylic acids is 2. The van der Waals surface area contributed by atoms with E-state index in [1.54, 1.807) is 36.0 Å². The van der Waals surface area contributed by atoms with E-state index in [9.17, 15) is 19.5 Å². The highest BCUT2D eigenvalue weighted by Gasteiger charge is 2.39. The topological polar surface area (TPSA) is 133 Å². The molecule has 0 radical (unpaired) electrons. The Morgan fingerprint density at radius 2 is 1.64 bits per heavy atom. The van der Waals surface area contributed by atoms with Crippen molar-refractivity contribution < 1.29 is 24.2 Å². The van der Waals surface area contributed by atoms with Crippen molar-refractivity contribution in [3.63, 3.8) is 0 Å². The molecule has 0 bridgehead atoms. The van der Waals surface area contributed by atoms with Crippen LogP contribution < -0.4 is 5.56 Å². The number of hydrazone groups is 1. The molecule has 3 aliphatic rings. The Hall–Kier alpha value is -2.96. The molecule has 2 fully saturated rings. The van der Waals surface area contributed by atoms with Gasteiger partial charge in [0.05, 0.1) is 37.9 Å². The summed E-state index contributed by atoms with van der Waals surface area (Å²) in [5.41, 5.74) is 0.407. The molecule has 2 unspecified atom stereocenters. The van der Waals surface area contributed by atoms with E-state index in [-0.39, 0.29) is 40.8 Å². The van der Waals surface area contributed by atoms with Gasteiger partial charge in [0, 0.05) is 40.3 Å². The lowest BCUT2D eigenvalue weighted by Crippen LogP contribution is -2.46. The van der Waals surface area contributed by atoms with E-state index in [1.807, 2.05) is 0 Å². The Bertz CT molecular complexity index is 1000. The van der Waals surface area contributed by atoms with Crippen molar-refractivity contribution in [3.05, 3.63) is 27.7 Å². The van der Waals surface area contributed by atoms with Crippen LogP contribution in [0.3, 0.4) is 0 Å². The lowest BCUT2D eigenvalue weighted by molar-refractivity contribution is -0.128. The Kier molecular flexibility index (Phi) is 6.96. The van der Waals surface area contributed by atoms with Crippen LogP contribution in [0.1, 0.15) is 22.5 Å². The van der Waals surface area contributed by atoms with Gasteiger partial charge in [-0.3, -0.25) is 29.2 Å². The number of carbonyl (C=O) groups is 2. The first-order chi connectivity index (χ1) is 15.9. The smallest absolute Gasteiger partial charge is 0.274 e. The third-order valence-corrected chi connectivity index (χ3v) is 6.15. The molecule has 2 N–H and O–H groups in total. The van der Waals surface area contributed by atoms with Crippen molar-refractivity contribution in [2.45, 2.75) is 12.6 Å². The molecular formula is C21H30N6O6. The SMILES string of the molecule is CN1N=C(C(=O)N2CCOCC2)C(CC=Cc2c(C(=O)N3CCOCC3)[nH]n(C)c2=O)C1O. The molecule has 0 spiro atoms. The molecule has 180 valence electrons. The number of H-pyrrole nitrogens is 1. The second-order valence-electron chi connectivity index (χ2n) is 8.29. The molecule has 2 saturated heterocycles. The van der Waals surface area contributed by atoms with Crippen LogP contribution in [-0.2, 0) is 21.3 Å². The first-order valence-corrected chi connectivity index (χ1v) is 11.1. The van der Waals surface area contributed by atoms with Gasteiger partial charge in [-0.2, -0.15) is 5.10 Å². The number of hydrogen-bond donors (Lipinski definition) is 2. The molecule has 4 heterocycles. The van der Waals surface area contributed by atoms with Gasteiger partial charge in [0.15, 0.2) is 6.23 Å². The van der Waals surface area contributed by atoms with Gasteiger partial charge in [-0.1, -0.05) is 12.2 Å². The van der Waals surface area contributed by atoms with E-state index in [4.69, 9.17) is 9.47 Å². The second-order valence-corrected chi connectivity index (χ2v) is 8.29. The minimum Gasteiger partial charge on any atom is -0.378 e. The number of nitrogens with zero attached hydrogens (tertiary/aromatic N) is 5. The normalized spacial score (nSPS) is 24.0. The first-order valence-electron chi connectivity index (χ1n) is 11.1. The summed E-state index contributed by atoms with van der Waals surface area (Å²) in [4.78, 5) is 41.9. The van der Waals surface area contributed by atoms with E-state index in [0.29, 0.717) is 52.6 Å². The number of allylic oxidation sites excluding steroid dienone is 1. The fraction of sp³-hybridized carbons (Fsp3) is 0.619. The average Bonchev–Trinajstić information content (AvgIpc) is 3.29. The molecular weight excluding hydrogens is 432 g/mol. The third-order valence-electron chi connectivity index (χ3n) is 6.15. The van der Waals surface area contributed by atoms with E-state index >= 15 is 0 Å². The monoisotopic (exact) mass is 462 g/mol. The maximum absolute atomic E-state index is 13.0. The molecule has 12 heteroatoms. The fourth-order valence-corrected chi connectivity index (χ4v) is 4.21. The molecule has 1 aromatic rings.